The van der Waals surface area contributed by atoms with Gasteiger partial charge in [-0.3, -0.25) is 0 Å². The molecule has 0 radical (unpaired) electrons. The van der Waals surface area contributed by atoms with Gasteiger partial charge in [0.05, 0.1) is 0 Å². The number of hydrogen-bond acceptors (Lipinski definition) is 3. The van der Waals surface area contributed by atoms with Gasteiger partial charge in [-0.1, -0.05) is 58.9 Å². The second kappa shape index (κ2) is 19.9. The van der Waals surface area contributed by atoms with Crippen LogP contribution in [0.2, 0.25) is 58.9 Å². The predicted molar refractivity (Wildman–Crippen MR) is 138 cm³/mol. The van der Waals surface area contributed by atoms with Crippen molar-refractivity contribution in [2.45, 2.75) is 58.9 Å². The smallest absolute Gasteiger partial charge is 0.342 e. The molecule has 25 heavy (non-hydrogen) atoms. The van der Waals surface area contributed by atoms with Crippen molar-refractivity contribution in [2.75, 3.05) is 34.5 Å². The Bertz CT molecular complexity index is 185. The van der Waals surface area contributed by atoms with E-state index in [2.05, 4.69) is 114 Å². The van der Waals surface area contributed by atoms with Gasteiger partial charge < -0.3 is 19.6 Å². The molecule has 1 fully saturated rings. The van der Waals surface area contributed by atoms with Crippen molar-refractivity contribution in [3.05, 3.63) is 19.6 Å². The van der Waals surface area contributed by atoms with Gasteiger partial charge in [0, 0.05) is 34.5 Å². The molecule has 0 bridgehead atoms. The van der Waals surface area contributed by atoms with Gasteiger partial charge in [0.15, 0.2) is 0 Å². The first-order valence-corrected chi connectivity index (χ1v) is 23.4. The summed E-state index contributed by atoms with van der Waals surface area (Å²) in [6.07, 6.45) is 0. The topological polar surface area (TPSA) is 0 Å². The van der Waals surface area contributed by atoms with E-state index in [4.69, 9.17) is 0 Å². The van der Waals surface area contributed by atoms with Crippen molar-refractivity contribution in [1.29, 1.82) is 0 Å². The van der Waals surface area contributed by atoms with Crippen molar-refractivity contribution < 1.29 is 25.8 Å². The van der Waals surface area contributed by atoms with E-state index in [9.17, 15) is 0 Å². The average Bonchev–Trinajstić information content (AvgIpc) is 2.36. The van der Waals surface area contributed by atoms with E-state index in [1.54, 1.807) is 0 Å². The van der Waals surface area contributed by atoms with Gasteiger partial charge in [0.1, 0.15) is 0 Å². The van der Waals surface area contributed by atoms with Crippen LogP contribution in [0.25, 0.3) is 0 Å². The number of thioether (sulfide) groups is 3. The van der Waals surface area contributed by atoms with Crippen molar-refractivity contribution in [1.82, 2.24) is 0 Å². The second-order valence-corrected chi connectivity index (χ2v) is 28.6. The Morgan fingerprint density at radius 1 is 0.440 bits per heavy atom. The molecule has 1 saturated heterocycles. The molecule has 0 aliphatic carbocycles. The Hall–Kier alpha value is 2.57. The van der Waals surface area contributed by atoms with E-state index in [1.807, 2.05) is 0 Å². The summed E-state index contributed by atoms with van der Waals surface area (Å²) in [7, 11) is -2.58. The maximum Gasteiger partial charge on any atom is 3.00 e. The third-order valence-corrected chi connectivity index (χ3v) is 4.85. The summed E-state index contributed by atoms with van der Waals surface area (Å²) in [5.41, 5.74) is 0. The van der Waals surface area contributed by atoms with E-state index in [0.29, 0.717) is 0 Å². The maximum atomic E-state index is 3.91. The Morgan fingerprint density at radius 2 is 0.520 bits per heavy atom. The normalized spacial score (nSPS) is 15.8. The van der Waals surface area contributed by atoms with Crippen LogP contribution >= 0.6 is 35.3 Å². The fourth-order valence-corrected chi connectivity index (χ4v) is 4.10. The summed E-state index contributed by atoms with van der Waals surface area (Å²) >= 11 is 6.30. The second-order valence-electron chi connectivity index (χ2n) is 9.52. The Morgan fingerprint density at radius 3 is 0.600 bits per heavy atom. The van der Waals surface area contributed by atoms with Crippen LogP contribution in [0.1, 0.15) is 0 Å². The van der Waals surface area contributed by atoms with Crippen molar-refractivity contribution >= 4 is 59.5 Å². The van der Waals surface area contributed by atoms with Gasteiger partial charge in [0.2, 0.25) is 0 Å². The standard InChI is InChI=1S/C6H12S3.3C4H11Si.Sc/c1-2-8-5-6-9-4-3-7-1;3*1-5(2,3)4;/h1-6H2;3*1H2,2-4H3;/q;3*-1;+3. The van der Waals surface area contributed by atoms with Gasteiger partial charge in [0.25, 0.3) is 0 Å². The Kier molecular flexibility index (Phi) is 27.8. The molecular formula is C18H45S3ScSi3. The molecule has 0 saturated carbocycles. The molecule has 1 rings (SSSR count). The summed E-state index contributed by atoms with van der Waals surface area (Å²) in [5.74, 6) is 8.20. The first-order valence-electron chi connectivity index (χ1n) is 8.79. The third kappa shape index (κ3) is 120. The summed E-state index contributed by atoms with van der Waals surface area (Å²) in [4.78, 5) is 0. The molecule has 0 unspecified atom stereocenters. The van der Waals surface area contributed by atoms with Gasteiger partial charge in [-0.05, 0) is 0 Å². The summed E-state index contributed by atoms with van der Waals surface area (Å²) in [5, 5.41) is 0. The zero-order valence-electron chi connectivity index (χ0n) is 18.7. The first kappa shape index (κ1) is 35.0. The van der Waals surface area contributed by atoms with Gasteiger partial charge in [-0.15, -0.1) is 24.2 Å². The van der Waals surface area contributed by atoms with Crippen molar-refractivity contribution in [2.24, 2.45) is 0 Å². The van der Waals surface area contributed by atoms with Crippen LogP contribution < -0.4 is 0 Å². The zero-order valence-corrected chi connectivity index (χ0v) is 25.9. The Balaban J connectivity index is -0.000000122. The van der Waals surface area contributed by atoms with E-state index in [0.717, 1.165) is 0 Å². The third-order valence-electron chi connectivity index (χ3n) is 1.12. The fourth-order valence-electron chi connectivity index (χ4n) is 0.660. The molecule has 0 N–H and O–H groups in total. The van der Waals surface area contributed by atoms with Crippen LogP contribution in [0.3, 0.4) is 0 Å². The fraction of sp³-hybridized carbons (Fsp3) is 0.833. The maximum absolute atomic E-state index is 3.91. The molecule has 0 amide bonds. The van der Waals surface area contributed by atoms with Gasteiger partial charge in [-0.2, -0.15) is 35.3 Å². The number of rotatable bonds is 0. The monoisotopic (exact) mass is 486 g/mol. The van der Waals surface area contributed by atoms with Gasteiger partial charge >= 0.3 is 25.8 Å². The molecular weight excluding hydrogens is 442 g/mol. The summed E-state index contributed by atoms with van der Waals surface area (Å²) in [6, 6.07) is 0. The minimum atomic E-state index is -0.861. The molecule has 0 aromatic carbocycles. The average molecular weight is 487 g/mol. The number of hydrogen-bond donors (Lipinski definition) is 0. The van der Waals surface area contributed by atoms with Crippen molar-refractivity contribution in [3.8, 4) is 0 Å². The van der Waals surface area contributed by atoms with E-state index < -0.39 is 24.2 Å². The van der Waals surface area contributed by atoms with E-state index in [1.165, 1.54) is 34.5 Å². The van der Waals surface area contributed by atoms with Crippen LogP contribution in [-0.2, 0) is 25.8 Å². The SMILES string of the molecule is C1CSCCSCCS1.[CH2-][Si](C)(C)C.[CH2-][Si](C)(C)C.[CH2-][Si](C)(C)C.[Sc+3]. The molecule has 1 aliphatic heterocycles. The van der Waals surface area contributed by atoms with Crippen LogP contribution in [-0.4, -0.2) is 58.7 Å². The van der Waals surface area contributed by atoms with Crippen molar-refractivity contribution in [3.63, 3.8) is 0 Å². The minimum absolute atomic E-state index is 0. The quantitative estimate of drug-likeness (QED) is 0.260. The molecule has 0 aromatic rings. The molecule has 0 atom stereocenters. The minimum Gasteiger partial charge on any atom is -0.342 e. The Labute approximate surface area is 196 Å². The molecule has 150 valence electrons. The molecule has 0 aromatic heterocycles. The molecule has 7 heteroatoms. The first-order chi connectivity index (χ1) is 10.5. The van der Waals surface area contributed by atoms with Crippen LogP contribution in [0.4, 0.5) is 0 Å². The van der Waals surface area contributed by atoms with Crippen LogP contribution in [0.15, 0.2) is 0 Å². The predicted octanol–water partition coefficient (Wildman–Crippen LogP) is 7.29. The van der Waals surface area contributed by atoms with Crippen LogP contribution in [0.5, 0.6) is 0 Å². The molecule has 1 heterocycles. The van der Waals surface area contributed by atoms with Crippen LogP contribution in [0, 0.1) is 19.6 Å². The zero-order chi connectivity index (χ0) is 19.9. The van der Waals surface area contributed by atoms with Gasteiger partial charge in [-0.25, -0.2) is 0 Å². The van der Waals surface area contributed by atoms with E-state index >= 15 is 0 Å². The summed E-state index contributed by atoms with van der Waals surface area (Å²) < 4.78 is 0. The molecule has 1 aliphatic rings. The molecule has 0 nitrogen and oxygen atoms in total. The summed E-state index contributed by atoms with van der Waals surface area (Å²) in [6.45, 7) is 31.7. The van der Waals surface area contributed by atoms with E-state index in [-0.39, 0.29) is 25.8 Å². The molecule has 0 spiro atoms. The largest absolute Gasteiger partial charge is 3.00 e.